The lowest BCUT2D eigenvalue weighted by Gasteiger charge is -2.44. The van der Waals surface area contributed by atoms with Gasteiger partial charge in [0, 0.05) is 19.1 Å². The second-order valence-corrected chi connectivity index (χ2v) is 12.2. The van der Waals surface area contributed by atoms with E-state index in [9.17, 15) is 20.1 Å². The molecule has 10 nitrogen and oxygen atoms in total. The van der Waals surface area contributed by atoms with Crippen LogP contribution in [-0.4, -0.2) is 112 Å². The van der Waals surface area contributed by atoms with Crippen LogP contribution in [0.1, 0.15) is 46.0 Å². The monoisotopic (exact) mass is 544 g/mol. The highest BCUT2D eigenvalue weighted by atomic mass is 32.2. The quantitative estimate of drug-likeness (QED) is 0.255. The van der Waals surface area contributed by atoms with E-state index in [-0.39, 0.29) is 18.5 Å². The SMILES string of the molecule is CC(C)C[C@@H]1CCO[C@@H]2[C@@H](C1)CN(C)[C@@H]2C(=O)N[C@@H]1CC=CCCS[C@H]2O[C@H]1[C@H](O)[C@H](O)[C@H]2O.O=CO. The number of rotatable bonds is 4. The van der Waals surface area contributed by atoms with Crippen LogP contribution in [0.15, 0.2) is 12.2 Å². The Hall–Kier alpha value is -1.21. The van der Waals surface area contributed by atoms with Crippen molar-refractivity contribution in [1.29, 1.82) is 0 Å². The van der Waals surface area contributed by atoms with E-state index in [2.05, 4.69) is 30.1 Å². The van der Waals surface area contributed by atoms with E-state index in [1.807, 2.05) is 13.1 Å². The van der Waals surface area contributed by atoms with Gasteiger partial charge in [-0.25, -0.2) is 0 Å². The number of fused-ring (bicyclic) bond motifs is 3. The van der Waals surface area contributed by atoms with Gasteiger partial charge in [-0.1, -0.05) is 26.0 Å². The highest BCUT2D eigenvalue weighted by Gasteiger charge is 2.50. The number of hydrogen-bond acceptors (Lipinski definition) is 9. The number of ether oxygens (including phenoxy) is 2. The summed E-state index contributed by atoms with van der Waals surface area (Å²) in [4.78, 5) is 24.1. The van der Waals surface area contributed by atoms with Crippen LogP contribution in [0, 0.1) is 17.8 Å². The molecule has 0 saturated carbocycles. The zero-order chi connectivity index (χ0) is 27.1. The van der Waals surface area contributed by atoms with Gasteiger partial charge in [0.15, 0.2) is 0 Å². The highest BCUT2D eigenvalue weighted by Crippen LogP contribution is 2.37. The van der Waals surface area contributed by atoms with E-state index in [1.54, 1.807) is 0 Å². The minimum atomic E-state index is -1.32. The molecule has 4 rings (SSSR count). The minimum Gasteiger partial charge on any atom is -0.483 e. The van der Waals surface area contributed by atoms with Gasteiger partial charge in [0.2, 0.25) is 5.91 Å². The molecule has 0 spiro atoms. The molecular formula is C26H44N2O8S. The Morgan fingerprint density at radius 3 is 2.62 bits per heavy atom. The lowest BCUT2D eigenvalue weighted by Crippen LogP contribution is -2.63. The van der Waals surface area contributed by atoms with Crippen molar-refractivity contribution in [3.63, 3.8) is 0 Å². The number of carbonyl (C=O) groups is 2. The standard InChI is InChI=1S/C25H42N2O6S.CH2O2/c1-14(2)11-15-8-9-32-22-16(12-15)13-27(3)18(22)24(31)26-17-7-5-4-6-10-34-25-21(30)19(28)20(29)23(17)33-25;2-1-3/h4-5,14-23,25,28-30H,6-13H2,1-3H3,(H,26,31);1H,(H,2,3)/t15-,16-,17+,18-,19-,20+,21+,22+,23+,25+;/m0./s1. The minimum absolute atomic E-state index is 0.131. The maximum absolute atomic E-state index is 13.6. The van der Waals surface area contributed by atoms with Crippen molar-refractivity contribution in [3.8, 4) is 0 Å². The molecule has 0 aromatic heterocycles. The smallest absolute Gasteiger partial charge is 0.290 e. The van der Waals surface area contributed by atoms with Gasteiger partial charge < -0.3 is 35.2 Å². The van der Waals surface area contributed by atoms with Crippen LogP contribution in [-0.2, 0) is 19.1 Å². The Morgan fingerprint density at radius 1 is 1.19 bits per heavy atom. The van der Waals surface area contributed by atoms with Crippen molar-refractivity contribution in [3.05, 3.63) is 12.2 Å². The van der Waals surface area contributed by atoms with Crippen LogP contribution in [0.5, 0.6) is 0 Å². The molecule has 37 heavy (non-hydrogen) atoms. The van der Waals surface area contributed by atoms with Crippen LogP contribution in [0.2, 0.25) is 0 Å². The maximum atomic E-state index is 13.6. The molecule has 0 aromatic carbocycles. The summed E-state index contributed by atoms with van der Waals surface area (Å²) in [5, 5.41) is 41.5. The second kappa shape index (κ2) is 14.3. The molecule has 3 fully saturated rings. The first-order valence-corrected chi connectivity index (χ1v) is 14.4. The Bertz CT molecular complexity index is 771. The van der Waals surface area contributed by atoms with E-state index in [0.29, 0.717) is 30.8 Å². The van der Waals surface area contributed by atoms with Crippen molar-refractivity contribution in [2.75, 3.05) is 26.0 Å². The normalized spacial score (nSPS) is 40.6. The van der Waals surface area contributed by atoms with Gasteiger partial charge >= 0.3 is 0 Å². The Balaban J connectivity index is 0.00000121. The fraction of sp³-hybridized carbons (Fsp3) is 0.846. The lowest BCUT2D eigenvalue weighted by atomic mass is 9.85. The van der Waals surface area contributed by atoms with Crippen molar-refractivity contribution in [2.45, 2.75) is 94.0 Å². The molecule has 0 aliphatic carbocycles. The van der Waals surface area contributed by atoms with Crippen LogP contribution in [0.4, 0.5) is 0 Å². The number of hydrogen-bond donors (Lipinski definition) is 5. The highest BCUT2D eigenvalue weighted by molar-refractivity contribution is 7.99. The van der Waals surface area contributed by atoms with Crippen LogP contribution < -0.4 is 5.32 Å². The number of aliphatic hydroxyl groups excluding tert-OH is 3. The molecule has 5 N–H and O–H groups in total. The third-order valence-corrected chi connectivity index (χ3v) is 8.96. The van der Waals surface area contributed by atoms with E-state index in [0.717, 1.165) is 31.6 Å². The zero-order valence-electron chi connectivity index (χ0n) is 22.0. The van der Waals surface area contributed by atoms with Gasteiger partial charge in [0.25, 0.3) is 6.47 Å². The number of carboxylic acid groups (broad SMARTS) is 1. The Kier molecular flexibility index (Phi) is 11.7. The molecule has 2 bridgehead atoms. The summed E-state index contributed by atoms with van der Waals surface area (Å²) in [6, 6.07) is -0.919. The maximum Gasteiger partial charge on any atom is 0.290 e. The number of aliphatic hydroxyl groups is 3. The van der Waals surface area contributed by atoms with E-state index < -0.39 is 41.9 Å². The number of allylic oxidation sites excluding steroid dienone is 1. The number of thioether (sulfide) groups is 1. The van der Waals surface area contributed by atoms with Crippen LogP contribution in [0.25, 0.3) is 0 Å². The number of carbonyl (C=O) groups excluding carboxylic acids is 1. The van der Waals surface area contributed by atoms with Crippen molar-refractivity contribution < 1.29 is 39.5 Å². The molecule has 4 heterocycles. The average molecular weight is 545 g/mol. The first-order valence-electron chi connectivity index (χ1n) is 13.3. The first-order chi connectivity index (χ1) is 17.7. The summed E-state index contributed by atoms with van der Waals surface area (Å²) in [5.74, 6) is 2.22. The molecule has 4 aliphatic rings. The third-order valence-electron chi connectivity index (χ3n) is 7.77. The van der Waals surface area contributed by atoms with Gasteiger partial charge in [0.1, 0.15) is 35.9 Å². The molecule has 0 aromatic rings. The van der Waals surface area contributed by atoms with Gasteiger partial charge in [-0.05, 0) is 56.7 Å². The van der Waals surface area contributed by atoms with Crippen molar-refractivity contribution in [2.24, 2.45) is 17.8 Å². The number of likely N-dealkylation sites (N-methyl/N-ethyl adjacent to an activating group) is 1. The summed E-state index contributed by atoms with van der Waals surface area (Å²) in [5.41, 5.74) is -0.643. The molecule has 212 valence electrons. The molecule has 4 aliphatic heterocycles. The van der Waals surface area contributed by atoms with E-state index in [1.165, 1.54) is 18.2 Å². The average Bonchev–Trinajstić information content (AvgIpc) is 3.02. The molecular weight excluding hydrogens is 500 g/mol. The summed E-state index contributed by atoms with van der Waals surface area (Å²) < 4.78 is 12.3. The lowest BCUT2D eigenvalue weighted by molar-refractivity contribution is -0.205. The summed E-state index contributed by atoms with van der Waals surface area (Å²) in [7, 11) is 1.98. The second-order valence-electron chi connectivity index (χ2n) is 11.0. The topological polar surface area (TPSA) is 149 Å². The largest absolute Gasteiger partial charge is 0.483 e. The number of nitrogens with one attached hydrogen (secondary N) is 1. The molecule has 1 amide bonds. The zero-order valence-corrected chi connectivity index (χ0v) is 22.8. The molecule has 0 radical (unpaired) electrons. The van der Waals surface area contributed by atoms with Gasteiger partial charge in [0.05, 0.1) is 12.1 Å². The summed E-state index contributed by atoms with van der Waals surface area (Å²) in [6.07, 6.45) is 3.92. The molecule has 0 unspecified atom stereocenters. The molecule has 10 atom stereocenters. The Labute approximate surface area is 223 Å². The van der Waals surface area contributed by atoms with Crippen LogP contribution >= 0.6 is 11.8 Å². The first kappa shape index (κ1) is 30.3. The summed E-state index contributed by atoms with van der Waals surface area (Å²) >= 11 is 1.42. The van der Waals surface area contributed by atoms with Gasteiger partial charge in [-0.15, -0.1) is 11.8 Å². The third kappa shape index (κ3) is 7.68. The van der Waals surface area contributed by atoms with E-state index >= 15 is 0 Å². The molecule has 3 saturated heterocycles. The Morgan fingerprint density at radius 2 is 1.92 bits per heavy atom. The summed E-state index contributed by atoms with van der Waals surface area (Å²) in [6.45, 7) is 5.77. The number of likely N-dealkylation sites (tertiary alicyclic amines) is 1. The predicted molar refractivity (Wildman–Crippen MR) is 140 cm³/mol. The van der Waals surface area contributed by atoms with Gasteiger partial charge in [-0.2, -0.15) is 0 Å². The fourth-order valence-electron chi connectivity index (χ4n) is 6.18. The predicted octanol–water partition coefficient (Wildman–Crippen LogP) is 0.834. The van der Waals surface area contributed by atoms with Crippen LogP contribution in [0.3, 0.4) is 0 Å². The number of amides is 1. The van der Waals surface area contributed by atoms with Gasteiger partial charge in [-0.3, -0.25) is 14.5 Å². The van der Waals surface area contributed by atoms with Crippen molar-refractivity contribution >= 4 is 24.1 Å². The van der Waals surface area contributed by atoms with E-state index in [4.69, 9.17) is 19.4 Å². The molecule has 11 heteroatoms. The fourth-order valence-corrected chi connectivity index (χ4v) is 7.25. The van der Waals surface area contributed by atoms with Crippen molar-refractivity contribution in [1.82, 2.24) is 10.2 Å². The number of nitrogens with zero attached hydrogens (tertiary/aromatic N) is 1.